The Morgan fingerprint density at radius 3 is 2.42 bits per heavy atom. The van der Waals surface area contributed by atoms with Crippen LogP contribution in [0.1, 0.15) is 33.3 Å². The molecule has 6 nitrogen and oxygen atoms in total. The van der Waals surface area contributed by atoms with Gasteiger partial charge in [-0.05, 0) is 26.8 Å². The molecular formula is C13H17N5O. The van der Waals surface area contributed by atoms with E-state index < -0.39 is 0 Å². The van der Waals surface area contributed by atoms with Crippen LogP contribution in [0.3, 0.4) is 0 Å². The molecule has 0 radical (unpaired) electrons. The van der Waals surface area contributed by atoms with Gasteiger partial charge in [0.15, 0.2) is 0 Å². The Hall–Kier alpha value is -2.24. The zero-order valence-electron chi connectivity index (χ0n) is 11.6. The monoisotopic (exact) mass is 259 g/mol. The molecule has 0 bridgehead atoms. The van der Waals surface area contributed by atoms with E-state index in [1.807, 2.05) is 20.8 Å². The van der Waals surface area contributed by atoms with Gasteiger partial charge in [0, 0.05) is 36.7 Å². The molecular weight excluding hydrogens is 242 g/mol. The number of hydrogen-bond donors (Lipinski definition) is 1. The van der Waals surface area contributed by atoms with E-state index >= 15 is 0 Å². The zero-order chi connectivity index (χ0) is 14.0. The molecule has 1 N–H and O–H groups in total. The Kier molecular flexibility index (Phi) is 3.59. The summed E-state index contributed by atoms with van der Waals surface area (Å²) in [4.78, 5) is 20.6. The number of nitrogens with one attached hydrogen (secondary N) is 1. The molecule has 0 aliphatic rings. The fourth-order valence-corrected chi connectivity index (χ4v) is 2.02. The van der Waals surface area contributed by atoms with E-state index in [1.54, 1.807) is 24.0 Å². The molecule has 0 spiro atoms. The maximum Gasteiger partial charge on any atom is 0.269 e. The summed E-state index contributed by atoms with van der Waals surface area (Å²) < 4.78 is 1.54. The molecule has 2 aromatic rings. The first-order valence-corrected chi connectivity index (χ1v) is 6.06. The van der Waals surface area contributed by atoms with Crippen molar-refractivity contribution in [3.8, 4) is 0 Å². The Morgan fingerprint density at radius 2 is 1.89 bits per heavy atom. The molecule has 0 atom stereocenters. The van der Waals surface area contributed by atoms with Gasteiger partial charge in [0.25, 0.3) is 5.91 Å². The second-order valence-electron chi connectivity index (χ2n) is 4.44. The second-order valence-corrected chi connectivity index (χ2v) is 4.44. The predicted molar refractivity (Wildman–Crippen MR) is 70.6 cm³/mol. The first-order chi connectivity index (χ1) is 8.99. The Morgan fingerprint density at radius 1 is 1.26 bits per heavy atom. The summed E-state index contributed by atoms with van der Waals surface area (Å²) in [6.07, 6.45) is 1.60. The third kappa shape index (κ3) is 2.78. The molecule has 1 amide bonds. The molecule has 0 aliphatic heterocycles. The number of hydrogen-bond acceptors (Lipinski definition) is 4. The number of carbonyl (C=O) groups excluding carboxylic acids is 1. The van der Waals surface area contributed by atoms with Crippen LogP contribution in [-0.4, -0.2) is 25.7 Å². The minimum atomic E-state index is -0.153. The van der Waals surface area contributed by atoms with Crippen molar-refractivity contribution in [3.05, 3.63) is 40.7 Å². The van der Waals surface area contributed by atoms with Crippen molar-refractivity contribution >= 4 is 5.91 Å². The van der Waals surface area contributed by atoms with Gasteiger partial charge in [0.1, 0.15) is 11.5 Å². The van der Waals surface area contributed by atoms with Crippen molar-refractivity contribution in [2.24, 2.45) is 7.05 Å². The molecule has 0 aromatic carbocycles. The van der Waals surface area contributed by atoms with Gasteiger partial charge in [-0.25, -0.2) is 9.97 Å². The highest BCUT2D eigenvalue weighted by molar-refractivity contribution is 5.92. The predicted octanol–water partition coefficient (Wildman–Crippen LogP) is 1.07. The van der Waals surface area contributed by atoms with Crippen molar-refractivity contribution in [2.75, 3.05) is 0 Å². The van der Waals surface area contributed by atoms with E-state index in [-0.39, 0.29) is 5.91 Å². The number of carbonyl (C=O) groups is 1. The summed E-state index contributed by atoms with van der Waals surface area (Å²) in [7, 11) is 1.74. The van der Waals surface area contributed by atoms with Crippen molar-refractivity contribution in [2.45, 2.75) is 27.3 Å². The average Bonchev–Trinajstić information content (AvgIpc) is 2.73. The smallest absolute Gasteiger partial charge is 0.269 e. The number of nitrogens with zero attached hydrogens (tertiary/aromatic N) is 4. The minimum absolute atomic E-state index is 0.153. The zero-order valence-corrected chi connectivity index (χ0v) is 11.6. The average molecular weight is 259 g/mol. The highest BCUT2D eigenvalue weighted by Gasteiger charge is 2.12. The van der Waals surface area contributed by atoms with Gasteiger partial charge in [0.05, 0.1) is 0 Å². The van der Waals surface area contributed by atoms with E-state index in [2.05, 4.69) is 20.4 Å². The van der Waals surface area contributed by atoms with Crippen LogP contribution >= 0.6 is 0 Å². The topological polar surface area (TPSA) is 72.7 Å². The molecule has 6 heteroatoms. The Balaban J connectivity index is 2.12. The van der Waals surface area contributed by atoms with E-state index in [0.717, 1.165) is 22.8 Å². The number of rotatable bonds is 3. The largest absolute Gasteiger partial charge is 0.346 e. The third-order valence-electron chi connectivity index (χ3n) is 3.01. The van der Waals surface area contributed by atoms with Crippen LogP contribution in [0.15, 0.2) is 12.3 Å². The Bertz CT molecular complexity index is 594. The first-order valence-electron chi connectivity index (χ1n) is 6.06. The van der Waals surface area contributed by atoms with Gasteiger partial charge in [-0.15, -0.1) is 0 Å². The quantitative estimate of drug-likeness (QED) is 0.894. The molecule has 0 unspecified atom stereocenters. The van der Waals surface area contributed by atoms with Gasteiger partial charge in [-0.1, -0.05) is 0 Å². The standard InChI is InChI=1S/C13H17N5O/c1-8-11(9(2)17-10(3)16-8)7-14-13(19)12-5-6-15-18(12)4/h5-6H,7H2,1-4H3,(H,14,19). The highest BCUT2D eigenvalue weighted by Crippen LogP contribution is 2.10. The SMILES string of the molecule is Cc1nc(C)c(CNC(=O)c2ccnn2C)c(C)n1. The first kappa shape index (κ1) is 13.2. The lowest BCUT2D eigenvalue weighted by molar-refractivity contribution is 0.0941. The molecule has 0 saturated carbocycles. The lowest BCUT2D eigenvalue weighted by Crippen LogP contribution is -2.26. The van der Waals surface area contributed by atoms with Crippen LogP contribution in [-0.2, 0) is 13.6 Å². The van der Waals surface area contributed by atoms with Gasteiger partial charge < -0.3 is 5.32 Å². The maximum absolute atomic E-state index is 12.0. The Labute approximate surface area is 111 Å². The molecule has 19 heavy (non-hydrogen) atoms. The molecule has 100 valence electrons. The van der Waals surface area contributed by atoms with Gasteiger partial charge in [0.2, 0.25) is 0 Å². The van der Waals surface area contributed by atoms with Gasteiger partial charge in [-0.2, -0.15) is 5.10 Å². The molecule has 0 fully saturated rings. The molecule has 2 heterocycles. The molecule has 2 rings (SSSR count). The summed E-state index contributed by atoms with van der Waals surface area (Å²) in [5, 5.41) is 6.83. The lowest BCUT2D eigenvalue weighted by Gasteiger charge is -2.10. The van der Waals surface area contributed by atoms with Crippen molar-refractivity contribution in [1.29, 1.82) is 0 Å². The van der Waals surface area contributed by atoms with Crippen molar-refractivity contribution < 1.29 is 4.79 Å². The normalized spacial score (nSPS) is 10.5. The summed E-state index contributed by atoms with van der Waals surface area (Å²) in [6, 6.07) is 1.68. The van der Waals surface area contributed by atoms with E-state index in [4.69, 9.17) is 0 Å². The fraction of sp³-hybridized carbons (Fsp3) is 0.385. The van der Waals surface area contributed by atoms with Crippen LogP contribution in [0.4, 0.5) is 0 Å². The summed E-state index contributed by atoms with van der Waals surface area (Å²) in [6.45, 7) is 6.13. The van der Waals surface area contributed by atoms with Gasteiger partial charge >= 0.3 is 0 Å². The van der Waals surface area contributed by atoms with Crippen LogP contribution in [0.5, 0.6) is 0 Å². The third-order valence-corrected chi connectivity index (χ3v) is 3.01. The second kappa shape index (κ2) is 5.17. The molecule has 0 saturated heterocycles. The van der Waals surface area contributed by atoms with Crippen LogP contribution in [0.2, 0.25) is 0 Å². The van der Waals surface area contributed by atoms with Gasteiger partial charge in [-0.3, -0.25) is 9.48 Å². The van der Waals surface area contributed by atoms with E-state index in [1.165, 1.54) is 0 Å². The van der Waals surface area contributed by atoms with Crippen molar-refractivity contribution in [3.63, 3.8) is 0 Å². The number of aryl methyl sites for hydroxylation is 4. The van der Waals surface area contributed by atoms with Crippen LogP contribution in [0, 0.1) is 20.8 Å². The van der Waals surface area contributed by atoms with E-state index in [9.17, 15) is 4.79 Å². The number of amides is 1. The number of aromatic nitrogens is 4. The van der Waals surface area contributed by atoms with Crippen LogP contribution < -0.4 is 5.32 Å². The fourth-order valence-electron chi connectivity index (χ4n) is 2.02. The lowest BCUT2D eigenvalue weighted by atomic mass is 10.1. The minimum Gasteiger partial charge on any atom is -0.346 e. The molecule has 2 aromatic heterocycles. The maximum atomic E-state index is 12.0. The summed E-state index contributed by atoms with van der Waals surface area (Å²) in [5.41, 5.74) is 3.29. The highest BCUT2D eigenvalue weighted by atomic mass is 16.2. The van der Waals surface area contributed by atoms with Crippen molar-refractivity contribution in [1.82, 2.24) is 25.1 Å². The molecule has 0 aliphatic carbocycles. The van der Waals surface area contributed by atoms with E-state index in [0.29, 0.717) is 12.2 Å². The summed E-state index contributed by atoms with van der Waals surface area (Å²) >= 11 is 0. The summed E-state index contributed by atoms with van der Waals surface area (Å²) in [5.74, 6) is 0.594. The van der Waals surface area contributed by atoms with Crippen LogP contribution in [0.25, 0.3) is 0 Å².